The van der Waals surface area contributed by atoms with Crippen molar-refractivity contribution in [2.24, 2.45) is 5.92 Å². The number of methoxy groups -OCH3 is 1. The summed E-state index contributed by atoms with van der Waals surface area (Å²) in [5.41, 5.74) is 1.37. The Kier molecular flexibility index (Phi) is 4.43. The molecule has 0 aliphatic heterocycles. The van der Waals surface area contributed by atoms with Gasteiger partial charge < -0.3 is 10.1 Å². The predicted octanol–water partition coefficient (Wildman–Crippen LogP) is 3.02. The van der Waals surface area contributed by atoms with Crippen LogP contribution < -0.4 is 10.1 Å². The monoisotopic (exact) mass is 233 g/mol. The molecule has 2 nitrogen and oxygen atoms in total. The second kappa shape index (κ2) is 6.06. The minimum absolute atomic E-state index is 0.683. The summed E-state index contributed by atoms with van der Waals surface area (Å²) in [6, 6.07) is 9.19. The maximum absolute atomic E-state index is 5.25. The summed E-state index contributed by atoms with van der Waals surface area (Å²) in [6.45, 7) is 3.44. The lowest BCUT2D eigenvalue weighted by molar-refractivity contribution is 0.320. The average Bonchev–Trinajstić information content (AvgIpc) is 2.27. The zero-order valence-electron chi connectivity index (χ0n) is 10.9. The van der Waals surface area contributed by atoms with Crippen molar-refractivity contribution in [2.75, 3.05) is 13.7 Å². The Balaban J connectivity index is 1.77. The van der Waals surface area contributed by atoms with Gasteiger partial charge in [-0.05, 0) is 49.4 Å². The van der Waals surface area contributed by atoms with E-state index in [1.807, 2.05) is 6.07 Å². The van der Waals surface area contributed by atoms with Crippen molar-refractivity contribution in [2.45, 2.75) is 38.6 Å². The molecule has 1 aliphatic carbocycles. The van der Waals surface area contributed by atoms with Gasteiger partial charge in [0.25, 0.3) is 0 Å². The van der Waals surface area contributed by atoms with Gasteiger partial charge in [0.1, 0.15) is 5.75 Å². The van der Waals surface area contributed by atoms with Gasteiger partial charge in [-0.2, -0.15) is 0 Å². The van der Waals surface area contributed by atoms with Crippen LogP contribution in [0.25, 0.3) is 0 Å². The summed E-state index contributed by atoms with van der Waals surface area (Å²) < 4.78 is 5.25. The van der Waals surface area contributed by atoms with Crippen LogP contribution >= 0.6 is 0 Å². The number of hydrogen-bond donors (Lipinski definition) is 1. The van der Waals surface area contributed by atoms with Crippen molar-refractivity contribution in [3.8, 4) is 5.75 Å². The van der Waals surface area contributed by atoms with E-state index in [0.717, 1.165) is 24.8 Å². The van der Waals surface area contributed by atoms with E-state index in [2.05, 4.69) is 30.4 Å². The van der Waals surface area contributed by atoms with E-state index >= 15 is 0 Å². The Morgan fingerprint density at radius 1 is 1.41 bits per heavy atom. The van der Waals surface area contributed by atoms with E-state index < -0.39 is 0 Å². The molecular formula is C15H23NO. The zero-order chi connectivity index (χ0) is 12.1. The lowest BCUT2D eigenvalue weighted by atomic mass is 9.92. The topological polar surface area (TPSA) is 21.3 Å². The van der Waals surface area contributed by atoms with Crippen LogP contribution in [-0.2, 0) is 6.42 Å². The van der Waals surface area contributed by atoms with Crippen LogP contribution in [0.3, 0.4) is 0 Å². The molecule has 1 aromatic carbocycles. The third-order valence-electron chi connectivity index (χ3n) is 3.58. The van der Waals surface area contributed by atoms with Gasteiger partial charge in [0.05, 0.1) is 7.11 Å². The van der Waals surface area contributed by atoms with E-state index in [9.17, 15) is 0 Å². The molecule has 0 bridgehead atoms. The largest absolute Gasteiger partial charge is 0.497 e. The molecule has 1 saturated carbocycles. The molecule has 2 heteroatoms. The molecule has 1 N–H and O–H groups in total. The first-order chi connectivity index (χ1) is 8.28. The van der Waals surface area contributed by atoms with Gasteiger partial charge >= 0.3 is 0 Å². The van der Waals surface area contributed by atoms with Gasteiger partial charge in [-0.15, -0.1) is 0 Å². The highest BCUT2D eigenvalue weighted by Crippen LogP contribution is 2.19. The molecule has 0 amide bonds. The maximum Gasteiger partial charge on any atom is 0.119 e. The second-order valence-electron chi connectivity index (χ2n) is 5.20. The molecule has 0 aromatic heterocycles. The first-order valence-corrected chi connectivity index (χ1v) is 6.64. The molecular weight excluding hydrogens is 210 g/mol. The van der Waals surface area contributed by atoms with Crippen LogP contribution in [0.2, 0.25) is 0 Å². The third-order valence-corrected chi connectivity index (χ3v) is 3.58. The summed E-state index contributed by atoms with van der Waals surface area (Å²) in [7, 11) is 1.72. The fourth-order valence-electron chi connectivity index (χ4n) is 2.25. The summed E-state index contributed by atoms with van der Waals surface area (Å²) >= 11 is 0. The van der Waals surface area contributed by atoms with E-state index in [1.54, 1.807) is 7.11 Å². The average molecular weight is 233 g/mol. The van der Waals surface area contributed by atoms with Crippen molar-refractivity contribution in [3.63, 3.8) is 0 Å². The summed E-state index contributed by atoms with van der Waals surface area (Å²) in [5.74, 6) is 1.64. The van der Waals surface area contributed by atoms with Crippen molar-refractivity contribution >= 4 is 0 Å². The van der Waals surface area contributed by atoms with Crippen molar-refractivity contribution in [1.82, 2.24) is 5.32 Å². The van der Waals surface area contributed by atoms with Gasteiger partial charge in [-0.1, -0.05) is 25.5 Å². The Morgan fingerprint density at radius 2 is 2.24 bits per heavy atom. The van der Waals surface area contributed by atoms with E-state index in [4.69, 9.17) is 4.74 Å². The molecule has 1 fully saturated rings. The molecule has 1 aliphatic rings. The lowest BCUT2D eigenvalue weighted by Crippen LogP contribution is -2.38. The molecule has 0 heterocycles. The molecule has 1 unspecified atom stereocenters. The molecule has 2 rings (SSSR count). The molecule has 1 aromatic rings. The summed E-state index contributed by atoms with van der Waals surface area (Å²) in [6.07, 6.45) is 5.26. The van der Waals surface area contributed by atoms with Crippen molar-refractivity contribution in [1.29, 1.82) is 0 Å². The third kappa shape index (κ3) is 3.74. The fraction of sp³-hybridized carbons (Fsp3) is 0.600. The van der Waals surface area contributed by atoms with Crippen LogP contribution in [0.5, 0.6) is 5.75 Å². The van der Waals surface area contributed by atoms with Gasteiger partial charge in [0.2, 0.25) is 0 Å². The summed E-state index contributed by atoms with van der Waals surface area (Å²) in [5, 5.41) is 3.64. The predicted molar refractivity (Wildman–Crippen MR) is 71.5 cm³/mol. The normalized spacial score (nSPS) is 17.5. The van der Waals surface area contributed by atoms with Crippen LogP contribution in [-0.4, -0.2) is 19.7 Å². The molecule has 94 valence electrons. The quantitative estimate of drug-likeness (QED) is 0.815. The SMILES string of the molecule is COc1cccc(CC(C)CNC2CCC2)c1. The number of hydrogen-bond acceptors (Lipinski definition) is 2. The van der Waals surface area contributed by atoms with Gasteiger partial charge in [-0.25, -0.2) is 0 Å². The lowest BCUT2D eigenvalue weighted by Gasteiger charge is -2.28. The number of nitrogens with one attached hydrogen (secondary N) is 1. The molecule has 0 radical (unpaired) electrons. The van der Waals surface area contributed by atoms with Crippen LogP contribution in [0.4, 0.5) is 0 Å². The number of ether oxygens (including phenoxy) is 1. The Labute approximate surface area is 104 Å². The minimum atomic E-state index is 0.683. The summed E-state index contributed by atoms with van der Waals surface area (Å²) in [4.78, 5) is 0. The number of rotatable bonds is 6. The van der Waals surface area contributed by atoms with Gasteiger partial charge in [0.15, 0.2) is 0 Å². The highest BCUT2D eigenvalue weighted by Gasteiger charge is 2.17. The number of benzene rings is 1. The van der Waals surface area contributed by atoms with Gasteiger partial charge in [0, 0.05) is 6.04 Å². The molecule has 1 atom stereocenters. The minimum Gasteiger partial charge on any atom is -0.497 e. The zero-order valence-corrected chi connectivity index (χ0v) is 10.9. The van der Waals surface area contributed by atoms with Crippen molar-refractivity contribution in [3.05, 3.63) is 29.8 Å². The van der Waals surface area contributed by atoms with Crippen molar-refractivity contribution < 1.29 is 4.74 Å². The standard InChI is InChI=1S/C15H23NO/c1-12(11-16-14-6-4-7-14)9-13-5-3-8-15(10-13)17-2/h3,5,8,10,12,14,16H,4,6-7,9,11H2,1-2H3. The molecule has 0 spiro atoms. The van der Waals surface area contributed by atoms with Gasteiger partial charge in [-0.3, -0.25) is 0 Å². The first kappa shape index (κ1) is 12.4. The Morgan fingerprint density at radius 3 is 2.88 bits per heavy atom. The van der Waals surface area contributed by atoms with Crippen LogP contribution in [0.1, 0.15) is 31.7 Å². The maximum atomic E-state index is 5.25. The fourth-order valence-corrected chi connectivity index (χ4v) is 2.25. The first-order valence-electron chi connectivity index (χ1n) is 6.64. The van der Waals surface area contributed by atoms with E-state index in [-0.39, 0.29) is 0 Å². The van der Waals surface area contributed by atoms with E-state index in [0.29, 0.717) is 5.92 Å². The van der Waals surface area contributed by atoms with Crippen LogP contribution in [0.15, 0.2) is 24.3 Å². The highest BCUT2D eigenvalue weighted by atomic mass is 16.5. The Hall–Kier alpha value is -1.02. The smallest absolute Gasteiger partial charge is 0.119 e. The second-order valence-corrected chi connectivity index (χ2v) is 5.20. The Bertz CT molecular complexity index is 347. The highest BCUT2D eigenvalue weighted by molar-refractivity contribution is 5.28. The van der Waals surface area contributed by atoms with E-state index in [1.165, 1.54) is 24.8 Å². The van der Waals surface area contributed by atoms with Crippen LogP contribution in [0, 0.1) is 5.92 Å². The molecule has 0 saturated heterocycles. The molecule has 17 heavy (non-hydrogen) atoms.